The van der Waals surface area contributed by atoms with Crippen LogP contribution in [0.3, 0.4) is 0 Å². The van der Waals surface area contributed by atoms with Crippen LogP contribution in [0.4, 0.5) is 0 Å². The number of hydrogen-bond donors (Lipinski definition) is 1. The molecule has 4 heteroatoms. The summed E-state index contributed by atoms with van der Waals surface area (Å²) in [6.07, 6.45) is 1.15. The van der Waals surface area contributed by atoms with Crippen molar-refractivity contribution in [3.63, 3.8) is 0 Å². The fourth-order valence-electron chi connectivity index (χ4n) is 2.74. The third kappa shape index (κ3) is 4.99. The molecule has 0 fully saturated rings. The van der Waals surface area contributed by atoms with Gasteiger partial charge in [0.15, 0.2) is 0 Å². The summed E-state index contributed by atoms with van der Waals surface area (Å²) in [7, 11) is 1.66. The zero-order valence-electron chi connectivity index (χ0n) is 14.9. The number of methoxy groups -OCH3 is 1. The second-order valence-corrected chi connectivity index (χ2v) is 6.09. The lowest BCUT2D eigenvalue weighted by Gasteiger charge is -2.08. The van der Waals surface area contributed by atoms with Crippen molar-refractivity contribution in [3.05, 3.63) is 72.3 Å². The van der Waals surface area contributed by atoms with Gasteiger partial charge in [0.2, 0.25) is 5.91 Å². The topological polar surface area (TPSA) is 47.6 Å². The minimum atomic E-state index is 0.0384. The zero-order valence-corrected chi connectivity index (χ0v) is 14.9. The Morgan fingerprint density at radius 2 is 1.69 bits per heavy atom. The molecular weight excluding hydrogens is 326 g/mol. The van der Waals surface area contributed by atoms with Crippen LogP contribution in [0.2, 0.25) is 0 Å². The molecule has 0 atom stereocenters. The molecule has 26 heavy (non-hydrogen) atoms. The predicted octanol–water partition coefficient (Wildman–Crippen LogP) is 4.32. The number of fused-ring (bicyclic) bond motifs is 1. The summed E-state index contributed by atoms with van der Waals surface area (Å²) < 4.78 is 10.8. The molecule has 1 N–H and O–H groups in total. The number of carbonyl (C=O) groups is 1. The number of hydrogen-bond acceptors (Lipinski definition) is 3. The van der Waals surface area contributed by atoms with Crippen molar-refractivity contribution in [2.24, 2.45) is 0 Å². The quantitative estimate of drug-likeness (QED) is 0.616. The van der Waals surface area contributed by atoms with Crippen molar-refractivity contribution in [2.45, 2.75) is 19.4 Å². The second-order valence-electron chi connectivity index (χ2n) is 6.09. The van der Waals surface area contributed by atoms with Gasteiger partial charge < -0.3 is 14.8 Å². The molecular formula is C22H23NO3. The molecule has 0 radical (unpaired) electrons. The third-order valence-electron chi connectivity index (χ3n) is 4.16. The van der Waals surface area contributed by atoms with Crippen LogP contribution < -0.4 is 14.8 Å². The molecule has 0 saturated heterocycles. The van der Waals surface area contributed by atoms with E-state index in [9.17, 15) is 4.79 Å². The summed E-state index contributed by atoms with van der Waals surface area (Å²) in [4.78, 5) is 12.0. The van der Waals surface area contributed by atoms with E-state index in [4.69, 9.17) is 9.47 Å². The minimum absolute atomic E-state index is 0.0384. The minimum Gasteiger partial charge on any atom is -0.497 e. The predicted molar refractivity (Wildman–Crippen MR) is 104 cm³/mol. The first kappa shape index (κ1) is 17.8. The number of para-hydroxylation sites is 1. The maximum atomic E-state index is 12.0. The number of nitrogens with one attached hydrogen (secondary N) is 1. The largest absolute Gasteiger partial charge is 0.497 e. The summed E-state index contributed by atoms with van der Waals surface area (Å²) in [6, 6.07) is 21.8. The Hall–Kier alpha value is -3.01. The fourth-order valence-corrected chi connectivity index (χ4v) is 2.74. The van der Waals surface area contributed by atoms with E-state index in [2.05, 4.69) is 11.4 Å². The fraction of sp³-hybridized carbons (Fsp3) is 0.227. The summed E-state index contributed by atoms with van der Waals surface area (Å²) in [6.45, 7) is 1.07. The molecule has 0 unspecified atom stereocenters. The molecule has 0 aliphatic rings. The van der Waals surface area contributed by atoms with Gasteiger partial charge in [-0.15, -0.1) is 0 Å². The molecule has 3 rings (SSSR count). The van der Waals surface area contributed by atoms with Gasteiger partial charge in [-0.3, -0.25) is 4.79 Å². The van der Waals surface area contributed by atoms with Gasteiger partial charge in [-0.05, 0) is 53.1 Å². The van der Waals surface area contributed by atoms with Gasteiger partial charge in [-0.25, -0.2) is 0 Å². The van der Waals surface area contributed by atoms with Gasteiger partial charge in [-0.2, -0.15) is 0 Å². The van der Waals surface area contributed by atoms with Gasteiger partial charge in [-0.1, -0.05) is 36.4 Å². The first-order valence-corrected chi connectivity index (χ1v) is 8.76. The van der Waals surface area contributed by atoms with E-state index in [1.807, 2.05) is 60.7 Å². The number of carbonyl (C=O) groups excluding carboxylic acids is 1. The van der Waals surface area contributed by atoms with Gasteiger partial charge in [0.05, 0.1) is 13.7 Å². The van der Waals surface area contributed by atoms with Crippen LogP contribution in [0, 0.1) is 0 Å². The van der Waals surface area contributed by atoms with Gasteiger partial charge in [0.25, 0.3) is 0 Å². The molecule has 4 nitrogen and oxygen atoms in total. The lowest BCUT2D eigenvalue weighted by Crippen LogP contribution is -2.22. The summed E-state index contributed by atoms with van der Waals surface area (Å²) >= 11 is 0. The van der Waals surface area contributed by atoms with Crippen molar-refractivity contribution in [1.82, 2.24) is 5.32 Å². The average molecular weight is 349 g/mol. The molecule has 0 aliphatic carbocycles. The van der Waals surface area contributed by atoms with E-state index < -0.39 is 0 Å². The van der Waals surface area contributed by atoms with E-state index >= 15 is 0 Å². The normalized spacial score (nSPS) is 10.5. The second kappa shape index (κ2) is 8.90. The van der Waals surface area contributed by atoms with Crippen LogP contribution in [0.25, 0.3) is 10.8 Å². The van der Waals surface area contributed by atoms with Gasteiger partial charge >= 0.3 is 0 Å². The Labute approximate surface area is 153 Å². The lowest BCUT2D eigenvalue weighted by atomic mass is 10.1. The molecule has 0 aliphatic heterocycles. The van der Waals surface area contributed by atoms with Crippen molar-refractivity contribution in [2.75, 3.05) is 13.7 Å². The maximum Gasteiger partial charge on any atom is 0.220 e. The van der Waals surface area contributed by atoms with Crippen LogP contribution in [0.15, 0.2) is 66.7 Å². The van der Waals surface area contributed by atoms with Crippen LogP contribution in [0.5, 0.6) is 11.5 Å². The average Bonchev–Trinajstić information content (AvgIpc) is 2.70. The van der Waals surface area contributed by atoms with Gasteiger partial charge in [0, 0.05) is 13.0 Å². The Bertz CT molecular complexity index is 862. The Morgan fingerprint density at radius 3 is 2.50 bits per heavy atom. The zero-order chi connectivity index (χ0) is 18.2. The molecule has 3 aromatic rings. The van der Waals surface area contributed by atoms with Crippen LogP contribution >= 0.6 is 0 Å². The molecule has 0 bridgehead atoms. The van der Waals surface area contributed by atoms with E-state index in [0.29, 0.717) is 26.0 Å². The lowest BCUT2D eigenvalue weighted by molar-refractivity contribution is -0.121. The summed E-state index contributed by atoms with van der Waals surface area (Å²) in [5, 5.41) is 5.22. The van der Waals surface area contributed by atoms with E-state index in [1.165, 1.54) is 0 Å². The molecule has 3 aromatic carbocycles. The van der Waals surface area contributed by atoms with Crippen molar-refractivity contribution in [3.8, 4) is 11.5 Å². The van der Waals surface area contributed by atoms with Crippen LogP contribution in [0.1, 0.15) is 18.4 Å². The highest BCUT2D eigenvalue weighted by molar-refractivity contribution is 5.84. The SMILES string of the molecule is COc1ccc2cc(CNC(=O)CCCOc3ccccc3)ccc2c1. The van der Waals surface area contributed by atoms with Crippen LogP contribution in [-0.4, -0.2) is 19.6 Å². The summed E-state index contributed by atoms with van der Waals surface area (Å²) in [5.74, 6) is 1.72. The number of ether oxygens (including phenoxy) is 2. The monoisotopic (exact) mass is 349 g/mol. The number of rotatable bonds is 8. The maximum absolute atomic E-state index is 12.0. The third-order valence-corrected chi connectivity index (χ3v) is 4.16. The van der Waals surface area contributed by atoms with E-state index in [0.717, 1.165) is 27.8 Å². The molecule has 134 valence electrons. The van der Waals surface area contributed by atoms with Crippen molar-refractivity contribution < 1.29 is 14.3 Å². The van der Waals surface area contributed by atoms with E-state index in [1.54, 1.807) is 7.11 Å². The highest BCUT2D eigenvalue weighted by Gasteiger charge is 2.03. The summed E-state index contributed by atoms with van der Waals surface area (Å²) in [5.41, 5.74) is 1.08. The van der Waals surface area contributed by atoms with Crippen LogP contribution in [-0.2, 0) is 11.3 Å². The standard InChI is InChI=1S/C22H23NO3/c1-25-21-12-11-18-14-17(9-10-19(18)15-21)16-23-22(24)8-5-13-26-20-6-3-2-4-7-20/h2-4,6-7,9-12,14-15H,5,8,13,16H2,1H3,(H,23,24). The Morgan fingerprint density at radius 1 is 0.923 bits per heavy atom. The van der Waals surface area contributed by atoms with Gasteiger partial charge in [0.1, 0.15) is 11.5 Å². The molecule has 0 saturated carbocycles. The highest BCUT2D eigenvalue weighted by atomic mass is 16.5. The Kier molecular flexibility index (Phi) is 6.09. The van der Waals surface area contributed by atoms with Crippen molar-refractivity contribution in [1.29, 1.82) is 0 Å². The first-order valence-electron chi connectivity index (χ1n) is 8.76. The highest BCUT2D eigenvalue weighted by Crippen LogP contribution is 2.21. The molecule has 0 heterocycles. The van der Waals surface area contributed by atoms with Crippen molar-refractivity contribution >= 4 is 16.7 Å². The number of amides is 1. The molecule has 0 spiro atoms. The smallest absolute Gasteiger partial charge is 0.220 e. The molecule has 0 aromatic heterocycles. The molecule has 1 amide bonds. The van der Waals surface area contributed by atoms with E-state index in [-0.39, 0.29) is 5.91 Å². The number of benzene rings is 3. The Balaban J connectivity index is 1.43. The first-order chi connectivity index (χ1) is 12.7.